The van der Waals surface area contributed by atoms with Crippen LogP contribution in [0.25, 0.3) is 0 Å². The molecule has 0 saturated heterocycles. The second kappa shape index (κ2) is 7.28. The zero-order valence-electron chi connectivity index (χ0n) is 15.8. The highest BCUT2D eigenvalue weighted by Crippen LogP contribution is 2.28. The molecule has 1 amide bonds. The second-order valence-electron chi connectivity index (χ2n) is 7.27. The molecule has 0 spiro atoms. The number of hydrogen-bond donors (Lipinski definition) is 1. The van der Waals surface area contributed by atoms with Gasteiger partial charge in [0.05, 0.1) is 0 Å². The number of anilines is 2. The maximum Gasteiger partial charge on any atom is 0.255 e. The Labute approximate surface area is 160 Å². The molecule has 0 aliphatic carbocycles. The Hall–Kier alpha value is -3.07. The molecule has 0 bridgehead atoms. The first-order valence-corrected chi connectivity index (χ1v) is 9.40. The molecule has 1 aliphatic heterocycles. The van der Waals surface area contributed by atoms with E-state index in [-0.39, 0.29) is 5.91 Å². The van der Waals surface area contributed by atoms with Crippen LogP contribution in [0, 0.1) is 13.8 Å². The Balaban J connectivity index is 1.44. The quantitative estimate of drug-likeness (QED) is 0.704. The summed E-state index contributed by atoms with van der Waals surface area (Å²) in [5, 5.41) is 3.01. The van der Waals surface area contributed by atoms with Crippen molar-refractivity contribution in [1.82, 2.24) is 0 Å². The summed E-state index contributed by atoms with van der Waals surface area (Å²) in [6.45, 7) is 5.99. The molecule has 136 valence electrons. The number of aryl methyl sites for hydroxylation is 2. The van der Waals surface area contributed by atoms with Gasteiger partial charge in [-0.05, 0) is 61.2 Å². The van der Waals surface area contributed by atoms with Crippen LogP contribution >= 0.6 is 0 Å². The van der Waals surface area contributed by atoms with Gasteiger partial charge in [0.15, 0.2) is 0 Å². The molecule has 0 radical (unpaired) electrons. The van der Waals surface area contributed by atoms with Crippen molar-refractivity contribution in [1.29, 1.82) is 0 Å². The minimum absolute atomic E-state index is 0.0694. The highest BCUT2D eigenvalue weighted by atomic mass is 16.1. The number of nitrogens with zero attached hydrogens (tertiary/aromatic N) is 1. The molecule has 0 fully saturated rings. The second-order valence-corrected chi connectivity index (χ2v) is 7.27. The van der Waals surface area contributed by atoms with Gasteiger partial charge in [-0.1, -0.05) is 48.0 Å². The van der Waals surface area contributed by atoms with Crippen LogP contribution in [0.2, 0.25) is 0 Å². The Morgan fingerprint density at radius 2 is 1.78 bits per heavy atom. The molecule has 1 heterocycles. The topological polar surface area (TPSA) is 32.3 Å². The Morgan fingerprint density at radius 1 is 1.00 bits per heavy atom. The average Bonchev–Trinajstić information content (AvgIpc) is 3.08. The third-order valence-electron chi connectivity index (χ3n) is 5.20. The lowest BCUT2D eigenvalue weighted by Gasteiger charge is -2.19. The maximum absolute atomic E-state index is 12.5. The van der Waals surface area contributed by atoms with E-state index in [9.17, 15) is 4.79 Å². The molecule has 1 aliphatic rings. The largest absolute Gasteiger partial charge is 0.367 e. The van der Waals surface area contributed by atoms with Gasteiger partial charge in [-0.25, -0.2) is 0 Å². The Bertz CT molecular complexity index is 976. The number of benzene rings is 3. The number of amides is 1. The van der Waals surface area contributed by atoms with Crippen LogP contribution in [0.15, 0.2) is 66.7 Å². The summed E-state index contributed by atoms with van der Waals surface area (Å²) in [7, 11) is 0. The van der Waals surface area contributed by atoms with E-state index in [1.807, 2.05) is 31.2 Å². The lowest BCUT2D eigenvalue weighted by Crippen LogP contribution is -2.19. The molecular weight excluding hydrogens is 332 g/mol. The third kappa shape index (κ3) is 3.72. The van der Waals surface area contributed by atoms with E-state index in [4.69, 9.17) is 0 Å². The standard InChI is InChI=1S/C24H24N2O/c1-17-7-12-22(18(2)15-17)25-24(27)21-10-8-19(9-11-21)16-26-14-13-20-5-3-4-6-23(20)26/h3-12,15H,13-14,16H2,1-2H3,(H,25,27). The van der Waals surface area contributed by atoms with Crippen LogP contribution in [0.3, 0.4) is 0 Å². The van der Waals surface area contributed by atoms with Crippen LogP contribution in [0.5, 0.6) is 0 Å². The van der Waals surface area contributed by atoms with E-state index < -0.39 is 0 Å². The summed E-state index contributed by atoms with van der Waals surface area (Å²) in [5.41, 5.74) is 7.78. The molecule has 4 rings (SSSR count). The van der Waals surface area contributed by atoms with Crippen LogP contribution < -0.4 is 10.2 Å². The fourth-order valence-electron chi connectivity index (χ4n) is 3.70. The number of carbonyl (C=O) groups excluding carboxylic acids is 1. The smallest absolute Gasteiger partial charge is 0.255 e. The fourth-order valence-corrected chi connectivity index (χ4v) is 3.70. The summed E-state index contributed by atoms with van der Waals surface area (Å²) in [6.07, 6.45) is 1.10. The van der Waals surface area contributed by atoms with Crippen LogP contribution in [0.1, 0.15) is 32.6 Å². The molecule has 0 atom stereocenters. The molecule has 3 heteroatoms. The number of hydrogen-bond acceptors (Lipinski definition) is 2. The first kappa shape index (κ1) is 17.3. The minimum Gasteiger partial charge on any atom is -0.367 e. The zero-order chi connectivity index (χ0) is 18.8. The highest BCUT2D eigenvalue weighted by Gasteiger charge is 2.18. The molecule has 3 aromatic rings. The predicted octanol–water partition coefficient (Wildman–Crippen LogP) is 5.12. The van der Waals surface area contributed by atoms with E-state index in [0.717, 1.165) is 30.8 Å². The van der Waals surface area contributed by atoms with Gasteiger partial charge in [0.25, 0.3) is 5.91 Å². The van der Waals surface area contributed by atoms with E-state index in [1.165, 1.54) is 22.4 Å². The predicted molar refractivity (Wildman–Crippen MR) is 112 cm³/mol. The van der Waals surface area contributed by atoms with Gasteiger partial charge in [-0.2, -0.15) is 0 Å². The number of fused-ring (bicyclic) bond motifs is 1. The summed E-state index contributed by atoms with van der Waals surface area (Å²) in [6, 6.07) is 22.6. The van der Waals surface area contributed by atoms with Crippen LogP contribution in [0.4, 0.5) is 11.4 Å². The minimum atomic E-state index is -0.0694. The molecule has 3 nitrogen and oxygen atoms in total. The van der Waals surface area contributed by atoms with Gasteiger partial charge >= 0.3 is 0 Å². The lowest BCUT2D eigenvalue weighted by atomic mass is 10.1. The highest BCUT2D eigenvalue weighted by molar-refractivity contribution is 6.04. The van der Waals surface area contributed by atoms with Gasteiger partial charge in [-0.3, -0.25) is 4.79 Å². The number of carbonyl (C=O) groups is 1. The van der Waals surface area contributed by atoms with Gasteiger partial charge in [0.1, 0.15) is 0 Å². The van der Waals surface area contributed by atoms with Crippen molar-refractivity contribution in [2.45, 2.75) is 26.8 Å². The number of para-hydroxylation sites is 1. The van der Waals surface area contributed by atoms with Crippen molar-refractivity contribution in [2.24, 2.45) is 0 Å². The van der Waals surface area contributed by atoms with Crippen molar-refractivity contribution < 1.29 is 4.79 Å². The summed E-state index contributed by atoms with van der Waals surface area (Å²) < 4.78 is 0. The monoisotopic (exact) mass is 356 g/mol. The van der Waals surface area contributed by atoms with Crippen molar-refractivity contribution in [2.75, 3.05) is 16.8 Å². The molecule has 0 saturated carbocycles. The Morgan fingerprint density at radius 3 is 2.56 bits per heavy atom. The number of rotatable bonds is 4. The molecule has 0 unspecified atom stereocenters. The van der Waals surface area contributed by atoms with E-state index >= 15 is 0 Å². The summed E-state index contributed by atoms with van der Waals surface area (Å²) in [4.78, 5) is 15.0. The van der Waals surface area contributed by atoms with Gasteiger partial charge in [0.2, 0.25) is 0 Å². The van der Waals surface area contributed by atoms with Crippen molar-refractivity contribution in [3.8, 4) is 0 Å². The summed E-state index contributed by atoms with van der Waals surface area (Å²) in [5.74, 6) is -0.0694. The normalized spacial score (nSPS) is 12.7. The average molecular weight is 356 g/mol. The fraction of sp³-hybridized carbons (Fsp3) is 0.208. The van der Waals surface area contributed by atoms with Gasteiger partial charge in [-0.15, -0.1) is 0 Å². The molecule has 0 aromatic heterocycles. The van der Waals surface area contributed by atoms with Crippen molar-refractivity contribution in [3.63, 3.8) is 0 Å². The molecule has 27 heavy (non-hydrogen) atoms. The van der Waals surface area contributed by atoms with Crippen molar-refractivity contribution >= 4 is 17.3 Å². The van der Waals surface area contributed by atoms with E-state index in [1.54, 1.807) is 0 Å². The van der Waals surface area contributed by atoms with Crippen LogP contribution in [-0.2, 0) is 13.0 Å². The SMILES string of the molecule is Cc1ccc(NC(=O)c2ccc(CN3CCc4ccccc43)cc2)c(C)c1. The third-order valence-corrected chi connectivity index (χ3v) is 5.20. The summed E-state index contributed by atoms with van der Waals surface area (Å²) >= 11 is 0. The molecule has 3 aromatic carbocycles. The van der Waals surface area contributed by atoms with Gasteiger partial charge in [0, 0.05) is 30.0 Å². The Kier molecular flexibility index (Phi) is 4.68. The molecular formula is C24H24N2O. The lowest BCUT2D eigenvalue weighted by molar-refractivity contribution is 0.102. The van der Waals surface area contributed by atoms with E-state index in [0.29, 0.717) is 5.56 Å². The maximum atomic E-state index is 12.5. The van der Waals surface area contributed by atoms with Crippen molar-refractivity contribution in [3.05, 3.63) is 94.5 Å². The first-order chi connectivity index (χ1) is 13.1. The van der Waals surface area contributed by atoms with Gasteiger partial charge < -0.3 is 10.2 Å². The zero-order valence-corrected chi connectivity index (χ0v) is 15.8. The molecule has 1 N–H and O–H groups in total. The van der Waals surface area contributed by atoms with Crippen LogP contribution in [-0.4, -0.2) is 12.5 Å². The van der Waals surface area contributed by atoms with E-state index in [2.05, 4.69) is 59.6 Å². The number of nitrogens with one attached hydrogen (secondary N) is 1. The first-order valence-electron chi connectivity index (χ1n) is 9.40.